The van der Waals surface area contributed by atoms with Crippen LogP contribution in [0, 0.1) is 0 Å². The lowest BCUT2D eigenvalue weighted by Gasteiger charge is -2.22. The number of rotatable bonds is 5. The Kier molecular flexibility index (Phi) is 3.66. The van der Waals surface area contributed by atoms with E-state index in [2.05, 4.69) is 5.32 Å². The number of carboxylic acids is 1. The molecule has 6 heteroatoms. The molecule has 1 fully saturated rings. The number of carbonyl (C=O) groups is 1. The number of carboxylic acid groups (broad SMARTS) is 1. The summed E-state index contributed by atoms with van der Waals surface area (Å²) in [5.41, 5.74) is 1.08. The van der Waals surface area contributed by atoms with Gasteiger partial charge in [-0.05, 0) is 30.5 Å². The zero-order chi connectivity index (χ0) is 15.7. The Morgan fingerprint density at radius 2 is 1.73 bits per heavy atom. The lowest BCUT2D eigenvalue weighted by atomic mass is 10.1. The average Bonchev–Trinajstić information content (AvgIpc) is 3.04. The maximum Gasteiger partial charge on any atom is 0.335 e. The zero-order valence-corrected chi connectivity index (χ0v) is 12.0. The van der Waals surface area contributed by atoms with Crippen LogP contribution in [-0.2, 0) is 6.54 Å². The van der Waals surface area contributed by atoms with Crippen molar-refractivity contribution in [1.82, 2.24) is 0 Å². The Morgan fingerprint density at radius 3 is 2.32 bits per heavy atom. The Balaban J connectivity index is 1.72. The molecular weight excluding hydrogens is 284 g/mol. The van der Waals surface area contributed by atoms with E-state index >= 15 is 0 Å². The molecule has 1 heterocycles. The Bertz CT molecular complexity index is 766. The summed E-state index contributed by atoms with van der Waals surface area (Å²) in [7, 11) is 0. The van der Waals surface area contributed by atoms with Gasteiger partial charge in [-0.3, -0.25) is 9.59 Å². The predicted octanol–water partition coefficient (Wildman–Crippen LogP) is 1.19. The molecule has 1 aliphatic heterocycles. The molecule has 0 spiro atoms. The van der Waals surface area contributed by atoms with Gasteiger partial charge in [0.15, 0.2) is 0 Å². The van der Waals surface area contributed by atoms with E-state index in [4.69, 9.17) is 5.11 Å². The topological polar surface area (TPSA) is 86.7 Å². The number of nitrogens with zero attached hydrogens (tertiary/aromatic N) is 1. The molecule has 0 saturated carbocycles. The fourth-order valence-corrected chi connectivity index (χ4v) is 2.74. The summed E-state index contributed by atoms with van der Waals surface area (Å²) in [6.45, 7) is 2.01. The summed E-state index contributed by atoms with van der Waals surface area (Å²) in [4.78, 5) is 36.2. The van der Waals surface area contributed by atoms with Crippen LogP contribution in [0.5, 0.6) is 0 Å². The van der Waals surface area contributed by atoms with E-state index in [0.717, 1.165) is 31.5 Å². The van der Waals surface area contributed by atoms with Crippen molar-refractivity contribution in [1.29, 1.82) is 0 Å². The molecular formula is C16H16N2O4. The van der Waals surface area contributed by atoms with Gasteiger partial charge < -0.3 is 15.3 Å². The summed E-state index contributed by atoms with van der Waals surface area (Å²) < 4.78 is 0. The molecule has 114 valence electrons. The molecule has 2 aromatic carbocycles. The van der Waals surface area contributed by atoms with Crippen LogP contribution < -0.4 is 21.1 Å². The maximum absolute atomic E-state index is 11.7. The number of anilines is 2. The molecule has 0 bridgehead atoms. The van der Waals surface area contributed by atoms with Crippen LogP contribution in [0.4, 0.5) is 11.4 Å². The number of nitrogens with one attached hydrogen (secondary N) is 1. The minimum absolute atomic E-state index is 0.218. The highest BCUT2D eigenvalue weighted by atomic mass is 16.4. The molecule has 0 aliphatic carbocycles. The standard InChI is InChI=1S/C16H16N2O4/c19-14-12(13(15(14)20)18-7-1-2-8-18)17-9-10-3-5-11(6-4-10)16(21)22/h3-6,17H,1-2,7-9H2,(H,21,22). The van der Waals surface area contributed by atoms with Crippen LogP contribution in [0.2, 0.25) is 0 Å². The van der Waals surface area contributed by atoms with Crippen molar-refractivity contribution in [3.63, 3.8) is 0 Å². The first-order valence-corrected chi connectivity index (χ1v) is 7.22. The third-order valence-corrected chi connectivity index (χ3v) is 3.98. The smallest absolute Gasteiger partial charge is 0.335 e. The number of benzene rings is 1. The zero-order valence-electron chi connectivity index (χ0n) is 12.0. The van der Waals surface area contributed by atoms with Crippen LogP contribution in [0.25, 0.3) is 0 Å². The van der Waals surface area contributed by atoms with Gasteiger partial charge in [0.2, 0.25) is 0 Å². The van der Waals surface area contributed by atoms with Crippen LogP contribution in [0.15, 0.2) is 33.9 Å². The molecule has 22 heavy (non-hydrogen) atoms. The summed E-state index contributed by atoms with van der Waals surface area (Å²) in [6.07, 6.45) is 2.07. The van der Waals surface area contributed by atoms with Crippen molar-refractivity contribution in [2.75, 3.05) is 23.3 Å². The SMILES string of the molecule is O=C(O)c1ccc(CNc2c(N3CCCC3)c(=O)c2=O)cc1. The van der Waals surface area contributed by atoms with Gasteiger partial charge in [-0.15, -0.1) is 0 Å². The molecule has 0 aromatic heterocycles. The average molecular weight is 300 g/mol. The molecule has 0 amide bonds. The third-order valence-electron chi connectivity index (χ3n) is 3.98. The molecule has 6 nitrogen and oxygen atoms in total. The van der Waals surface area contributed by atoms with Gasteiger partial charge in [-0.2, -0.15) is 0 Å². The minimum atomic E-state index is -0.974. The van der Waals surface area contributed by atoms with Crippen molar-refractivity contribution in [3.05, 3.63) is 55.8 Å². The second kappa shape index (κ2) is 5.63. The molecule has 3 rings (SSSR count). The molecule has 0 unspecified atom stereocenters. The van der Waals surface area contributed by atoms with Crippen LogP contribution in [0.1, 0.15) is 28.8 Å². The number of hydrogen-bond donors (Lipinski definition) is 2. The van der Waals surface area contributed by atoms with Gasteiger partial charge >= 0.3 is 5.97 Å². The van der Waals surface area contributed by atoms with Crippen LogP contribution >= 0.6 is 0 Å². The van der Waals surface area contributed by atoms with Crippen molar-refractivity contribution < 1.29 is 9.90 Å². The highest BCUT2D eigenvalue weighted by Crippen LogP contribution is 2.24. The van der Waals surface area contributed by atoms with E-state index in [1.165, 1.54) is 12.1 Å². The Labute approximate surface area is 126 Å². The molecule has 2 aromatic rings. The quantitative estimate of drug-likeness (QED) is 0.807. The lowest BCUT2D eigenvalue weighted by Crippen LogP contribution is -2.41. The minimum Gasteiger partial charge on any atom is -0.478 e. The molecule has 0 atom stereocenters. The molecule has 1 aliphatic rings. The van der Waals surface area contributed by atoms with Crippen molar-refractivity contribution in [2.24, 2.45) is 0 Å². The maximum atomic E-state index is 11.7. The summed E-state index contributed by atoms with van der Waals surface area (Å²) in [5, 5.41) is 11.9. The summed E-state index contributed by atoms with van der Waals surface area (Å²) in [5.74, 6) is -0.974. The highest BCUT2D eigenvalue weighted by molar-refractivity contribution is 5.87. The number of aromatic carboxylic acids is 1. The van der Waals surface area contributed by atoms with E-state index in [1.807, 2.05) is 4.90 Å². The van der Waals surface area contributed by atoms with Gasteiger partial charge in [0.1, 0.15) is 11.4 Å². The van der Waals surface area contributed by atoms with Gasteiger partial charge in [-0.25, -0.2) is 4.79 Å². The fourth-order valence-electron chi connectivity index (χ4n) is 2.74. The summed E-state index contributed by atoms with van der Waals surface area (Å²) in [6, 6.07) is 6.42. The monoisotopic (exact) mass is 300 g/mol. The molecule has 1 saturated heterocycles. The third kappa shape index (κ3) is 2.47. The van der Waals surface area contributed by atoms with Gasteiger partial charge in [0, 0.05) is 19.6 Å². The van der Waals surface area contributed by atoms with Crippen molar-refractivity contribution >= 4 is 17.3 Å². The largest absolute Gasteiger partial charge is 0.478 e. The molecule has 2 N–H and O–H groups in total. The van der Waals surface area contributed by atoms with E-state index in [0.29, 0.717) is 17.9 Å². The van der Waals surface area contributed by atoms with Gasteiger partial charge in [0.25, 0.3) is 10.9 Å². The van der Waals surface area contributed by atoms with E-state index in [-0.39, 0.29) is 5.56 Å². The second-order valence-electron chi connectivity index (χ2n) is 5.43. The van der Waals surface area contributed by atoms with Crippen LogP contribution in [-0.4, -0.2) is 24.2 Å². The number of hydrogen-bond acceptors (Lipinski definition) is 5. The van der Waals surface area contributed by atoms with Crippen molar-refractivity contribution in [3.8, 4) is 0 Å². The summed E-state index contributed by atoms with van der Waals surface area (Å²) >= 11 is 0. The Hall–Kier alpha value is -2.63. The first kappa shape index (κ1) is 14.3. The van der Waals surface area contributed by atoms with E-state index in [9.17, 15) is 14.4 Å². The normalized spacial score (nSPS) is 14.5. The highest BCUT2D eigenvalue weighted by Gasteiger charge is 2.27. The Morgan fingerprint density at radius 1 is 1.09 bits per heavy atom. The lowest BCUT2D eigenvalue weighted by molar-refractivity contribution is 0.0697. The van der Waals surface area contributed by atoms with Gasteiger partial charge in [-0.1, -0.05) is 12.1 Å². The fraction of sp³-hybridized carbons (Fsp3) is 0.312. The van der Waals surface area contributed by atoms with Crippen LogP contribution in [0.3, 0.4) is 0 Å². The second-order valence-corrected chi connectivity index (χ2v) is 5.43. The first-order valence-electron chi connectivity index (χ1n) is 7.22. The van der Waals surface area contributed by atoms with E-state index < -0.39 is 16.8 Å². The van der Waals surface area contributed by atoms with Crippen molar-refractivity contribution in [2.45, 2.75) is 19.4 Å². The predicted molar refractivity (Wildman–Crippen MR) is 83.5 cm³/mol. The first-order chi connectivity index (χ1) is 10.6. The molecule has 0 radical (unpaired) electrons. The van der Waals surface area contributed by atoms with E-state index in [1.54, 1.807) is 12.1 Å². The van der Waals surface area contributed by atoms with Gasteiger partial charge in [0.05, 0.1) is 5.56 Å².